The minimum atomic E-state index is -4.53. The minimum absolute atomic E-state index is 0.0194. The highest BCUT2D eigenvalue weighted by atomic mass is 19.4. The van der Waals surface area contributed by atoms with Crippen LogP contribution in [0.1, 0.15) is 51.5 Å². The summed E-state index contributed by atoms with van der Waals surface area (Å²) in [5, 5.41) is 2.40. The number of likely N-dealkylation sites (N-methyl/N-ethyl adjacent to an activating group) is 1. The lowest BCUT2D eigenvalue weighted by atomic mass is 9.93. The fraction of sp³-hybridized carbons (Fsp3) is 0.667. The molecule has 0 spiro atoms. The molecule has 2 fully saturated rings. The Morgan fingerprint density at radius 3 is 2.33 bits per heavy atom. The molecule has 0 bridgehead atoms. The van der Waals surface area contributed by atoms with Crippen LogP contribution in [0.3, 0.4) is 0 Å². The van der Waals surface area contributed by atoms with Gasteiger partial charge in [-0.05, 0) is 38.8 Å². The van der Waals surface area contributed by atoms with E-state index >= 15 is 0 Å². The normalized spacial score (nSPS) is 19.8. The summed E-state index contributed by atoms with van der Waals surface area (Å²) in [6.07, 6.45) is 1.23. The van der Waals surface area contributed by atoms with Gasteiger partial charge in [0.2, 0.25) is 11.8 Å². The SMILES string of the molecule is CCN(C(=O)C(C)N1CCN(CC(=O)Nc2ccccc2C(F)(F)F)CC1)C1CCCCC1. The lowest BCUT2D eigenvalue weighted by Crippen LogP contribution is -2.56. The summed E-state index contributed by atoms with van der Waals surface area (Å²) in [4.78, 5) is 31.6. The second-order valence-electron chi connectivity index (χ2n) is 9.00. The van der Waals surface area contributed by atoms with E-state index in [0.29, 0.717) is 38.8 Å². The molecule has 1 aliphatic heterocycles. The zero-order valence-corrected chi connectivity index (χ0v) is 19.5. The van der Waals surface area contributed by atoms with Gasteiger partial charge in [-0.3, -0.25) is 19.4 Å². The number of para-hydroxylation sites is 1. The van der Waals surface area contributed by atoms with Crippen molar-refractivity contribution in [2.24, 2.45) is 0 Å². The molecule has 1 heterocycles. The molecule has 3 rings (SSSR count). The van der Waals surface area contributed by atoms with Crippen molar-refractivity contribution >= 4 is 17.5 Å². The number of carbonyl (C=O) groups is 2. The fourth-order valence-corrected chi connectivity index (χ4v) is 4.92. The maximum absolute atomic E-state index is 13.2. The number of hydrogen-bond donors (Lipinski definition) is 1. The van der Waals surface area contributed by atoms with E-state index in [-0.39, 0.29) is 24.2 Å². The average Bonchev–Trinajstić information content (AvgIpc) is 2.80. The number of halogens is 3. The van der Waals surface area contributed by atoms with Gasteiger partial charge in [-0.15, -0.1) is 0 Å². The molecule has 1 aromatic carbocycles. The van der Waals surface area contributed by atoms with Crippen LogP contribution in [0.15, 0.2) is 24.3 Å². The monoisotopic (exact) mass is 468 g/mol. The number of amides is 2. The highest BCUT2D eigenvalue weighted by Crippen LogP contribution is 2.34. The molecule has 1 atom stereocenters. The molecule has 9 heteroatoms. The van der Waals surface area contributed by atoms with Crippen molar-refractivity contribution in [2.75, 3.05) is 44.6 Å². The number of carbonyl (C=O) groups excluding carboxylic acids is 2. The van der Waals surface area contributed by atoms with Crippen molar-refractivity contribution in [3.05, 3.63) is 29.8 Å². The molecule has 184 valence electrons. The third-order valence-corrected chi connectivity index (χ3v) is 6.82. The van der Waals surface area contributed by atoms with Gasteiger partial charge in [0.15, 0.2) is 0 Å². The fourth-order valence-electron chi connectivity index (χ4n) is 4.92. The summed E-state index contributed by atoms with van der Waals surface area (Å²) in [6, 6.07) is 5.10. The Hall–Kier alpha value is -2.13. The Kier molecular flexibility index (Phi) is 8.75. The van der Waals surface area contributed by atoms with Crippen LogP contribution in [0.25, 0.3) is 0 Å². The van der Waals surface area contributed by atoms with E-state index in [1.807, 2.05) is 23.6 Å². The van der Waals surface area contributed by atoms with E-state index < -0.39 is 17.6 Å². The van der Waals surface area contributed by atoms with E-state index in [4.69, 9.17) is 0 Å². The van der Waals surface area contributed by atoms with Gasteiger partial charge in [0.25, 0.3) is 0 Å². The van der Waals surface area contributed by atoms with Gasteiger partial charge in [-0.25, -0.2) is 0 Å². The average molecular weight is 469 g/mol. The summed E-state index contributed by atoms with van der Waals surface area (Å²) in [5.41, 5.74) is -1.08. The first-order valence-corrected chi connectivity index (χ1v) is 11.9. The zero-order valence-electron chi connectivity index (χ0n) is 19.5. The second kappa shape index (κ2) is 11.3. The molecular weight excluding hydrogens is 433 g/mol. The summed E-state index contributed by atoms with van der Waals surface area (Å²) in [7, 11) is 0. The molecule has 1 aliphatic carbocycles. The molecule has 1 N–H and O–H groups in total. The van der Waals surface area contributed by atoms with E-state index in [2.05, 4.69) is 10.2 Å². The van der Waals surface area contributed by atoms with Gasteiger partial charge in [-0.1, -0.05) is 31.4 Å². The largest absolute Gasteiger partial charge is 0.418 e. The van der Waals surface area contributed by atoms with Crippen LogP contribution in [0.2, 0.25) is 0 Å². The van der Waals surface area contributed by atoms with E-state index in [9.17, 15) is 22.8 Å². The van der Waals surface area contributed by atoms with Crippen molar-refractivity contribution < 1.29 is 22.8 Å². The molecule has 0 radical (unpaired) electrons. The number of nitrogens with one attached hydrogen (secondary N) is 1. The van der Waals surface area contributed by atoms with Crippen LogP contribution in [0, 0.1) is 0 Å². The lowest BCUT2D eigenvalue weighted by molar-refractivity contribution is -0.140. The first kappa shape index (κ1) is 25.5. The number of alkyl halides is 3. The Bertz CT molecular complexity index is 803. The predicted octanol–water partition coefficient (Wildman–Crippen LogP) is 3.83. The molecule has 33 heavy (non-hydrogen) atoms. The summed E-state index contributed by atoms with van der Waals surface area (Å²) in [5.74, 6) is -0.307. The maximum Gasteiger partial charge on any atom is 0.418 e. The first-order chi connectivity index (χ1) is 15.7. The Morgan fingerprint density at radius 1 is 1.09 bits per heavy atom. The van der Waals surface area contributed by atoms with Crippen LogP contribution >= 0.6 is 0 Å². The number of nitrogens with zero attached hydrogens (tertiary/aromatic N) is 3. The predicted molar refractivity (Wildman–Crippen MR) is 122 cm³/mol. The van der Waals surface area contributed by atoms with E-state index in [1.165, 1.54) is 37.5 Å². The number of hydrogen-bond acceptors (Lipinski definition) is 4. The van der Waals surface area contributed by atoms with E-state index in [0.717, 1.165) is 18.9 Å². The molecule has 6 nitrogen and oxygen atoms in total. The smallest absolute Gasteiger partial charge is 0.339 e. The molecule has 1 saturated heterocycles. The summed E-state index contributed by atoms with van der Waals surface area (Å²) in [6.45, 7) is 7.17. The highest BCUT2D eigenvalue weighted by molar-refractivity contribution is 5.93. The molecule has 1 saturated carbocycles. The quantitative estimate of drug-likeness (QED) is 0.661. The first-order valence-electron chi connectivity index (χ1n) is 11.9. The molecule has 1 aromatic rings. The number of benzene rings is 1. The van der Waals surface area contributed by atoms with Gasteiger partial charge >= 0.3 is 6.18 Å². The van der Waals surface area contributed by atoms with Gasteiger partial charge in [0, 0.05) is 38.8 Å². The molecule has 1 unspecified atom stereocenters. The zero-order chi connectivity index (χ0) is 24.0. The molecule has 0 aromatic heterocycles. The third-order valence-electron chi connectivity index (χ3n) is 6.82. The van der Waals surface area contributed by atoms with Gasteiger partial charge in [-0.2, -0.15) is 13.2 Å². The van der Waals surface area contributed by atoms with Crippen molar-refractivity contribution in [3.63, 3.8) is 0 Å². The van der Waals surface area contributed by atoms with Gasteiger partial charge in [0.1, 0.15) is 0 Å². The molecule has 2 aliphatic rings. The van der Waals surface area contributed by atoms with Crippen LogP contribution in [-0.4, -0.2) is 77.9 Å². The number of piperazine rings is 1. The topological polar surface area (TPSA) is 55.9 Å². The maximum atomic E-state index is 13.2. The highest BCUT2D eigenvalue weighted by Gasteiger charge is 2.34. The Labute approximate surface area is 194 Å². The Morgan fingerprint density at radius 2 is 1.73 bits per heavy atom. The minimum Gasteiger partial charge on any atom is -0.339 e. The van der Waals surface area contributed by atoms with Crippen molar-refractivity contribution in [2.45, 2.75) is 64.2 Å². The van der Waals surface area contributed by atoms with Crippen LogP contribution in [0.5, 0.6) is 0 Å². The third kappa shape index (κ3) is 6.69. The van der Waals surface area contributed by atoms with Crippen molar-refractivity contribution in [1.29, 1.82) is 0 Å². The van der Waals surface area contributed by atoms with Crippen LogP contribution in [-0.2, 0) is 15.8 Å². The van der Waals surface area contributed by atoms with Crippen LogP contribution < -0.4 is 5.32 Å². The summed E-state index contributed by atoms with van der Waals surface area (Å²) >= 11 is 0. The molecular formula is C24H35F3N4O2. The Balaban J connectivity index is 1.49. The van der Waals surface area contributed by atoms with Crippen molar-refractivity contribution in [3.8, 4) is 0 Å². The molecule has 2 amide bonds. The lowest BCUT2D eigenvalue weighted by Gasteiger charge is -2.41. The van der Waals surface area contributed by atoms with E-state index in [1.54, 1.807) is 0 Å². The van der Waals surface area contributed by atoms with Crippen LogP contribution in [0.4, 0.5) is 18.9 Å². The van der Waals surface area contributed by atoms with Crippen molar-refractivity contribution in [1.82, 2.24) is 14.7 Å². The van der Waals surface area contributed by atoms with Gasteiger partial charge in [0.05, 0.1) is 23.8 Å². The van der Waals surface area contributed by atoms with Gasteiger partial charge < -0.3 is 10.2 Å². The standard InChI is InChI=1S/C24H35F3N4O2/c1-3-31(19-9-5-4-6-10-19)23(33)18(2)30-15-13-29(14-16-30)17-22(32)28-21-12-8-7-11-20(21)24(25,26)27/h7-8,11-12,18-19H,3-6,9-10,13-17H2,1-2H3,(H,28,32). The number of anilines is 1. The second-order valence-corrected chi connectivity index (χ2v) is 9.00. The number of rotatable bonds is 7. The summed E-state index contributed by atoms with van der Waals surface area (Å²) < 4.78 is 39.4.